The van der Waals surface area contributed by atoms with E-state index >= 15 is 0 Å². The van der Waals surface area contributed by atoms with Crippen molar-refractivity contribution in [3.05, 3.63) is 66.6 Å². The van der Waals surface area contributed by atoms with Crippen molar-refractivity contribution >= 4 is 28.7 Å². The molecule has 6 rings (SSSR count). The summed E-state index contributed by atoms with van der Waals surface area (Å²) >= 11 is 0. The zero-order valence-corrected chi connectivity index (χ0v) is 23.8. The highest BCUT2D eigenvalue weighted by Gasteiger charge is 2.37. The van der Waals surface area contributed by atoms with E-state index in [9.17, 15) is 9.59 Å². The van der Waals surface area contributed by atoms with Gasteiger partial charge < -0.3 is 13.9 Å². The maximum atomic E-state index is 14.1. The number of hydrogen-bond donors (Lipinski definition) is 0. The van der Waals surface area contributed by atoms with Gasteiger partial charge in [0.15, 0.2) is 5.82 Å². The second kappa shape index (κ2) is 11.9. The van der Waals surface area contributed by atoms with Gasteiger partial charge in [0.25, 0.3) is 0 Å². The van der Waals surface area contributed by atoms with E-state index in [1.807, 2.05) is 42.5 Å². The number of fused-ring (bicyclic) bond motifs is 1. The second-order valence-electron chi connectivity index (χ2n) is 11.3. The Labute approximate surface area is 240 Å². The van der Waals surface area contributed by atoms with Crippen LogP contribution in [0, 0.1) is 11.8 Å². The molecule has 2 aliphatic rings. The van der Waals surface area contributed by atoms with Gasteiger partial charge in [0.05, 0.1) is 18.6 Å². The number of furan rings is 1. The van der Waals surface area contributed by atoms with Gasteiger partial charge >= 0.3 is 5.97 Å². The molecule has 1 aliphatic heterocycles. The van der Waals surface area contributed by atoms with E-state index in [1.54, 1.807) is 29.0 Å². The maximum absolute atomic E-state index is 14.1. The Morgan fingerprint density at radius 3 is 2.44 bits per heavy atom. The summed E-state index contributed by atoms with van der Waals surface area (Å²) in [6.45, 7) is 5.44. The number of aromatic nitrogens is 2. The fourth-order valence-corrected chi connectivity index (χ4v) is 6.09. The normalized spacial score (nSPS) is 19.8. The number of carbonyl (C=O) groups excluding carboxylic acids is 2. The summed E-state index contributed by atoms with van der Waals surface area (Å²) in [6, 6.07) is 16.0. The SMILES string of the molecule is CCOC(=O)c1cn(-c2ccc(-c3ccc4occc4c3)cc2)nc1N(C(=O)[C@H]1CC[C@H](C)CC1)C1CCOCC1. The van der Waals surface area contributed by atoms with Gasteiger partial charge in [-0.2, -0.15) is 0 Å². The minimum Gasteiger partial charge on any atom is -0.464 e. The summed E-state index contributed by atoms with van der Waals surface area (Å²) in [5.41, 5.74) is 4.09. The van der Waals surface area contributed by atoms with Crippen LogP contribution in [0.15, 0.2) is 65.4 Å². The van der Waals surface area contributed by atoms with Crippen LogP contribution in [0.25, 0.3) is 27.8 Å². The predicted molar refractivity (Wildman–Crippen MR) is 157 cm³/mol. The molecule has 1 aliphatic carbocycles. The molecular formula is C33H37N3O5. The third-order valence-electron chi connectivity index (χ3n) is 8.49. The molecule has 0 unspecified atom stereocenters. The molecule has 0 spiro atoms. The van der Waals surface area contributed by atoms with Crippen LogP contribution in [0.4, 0.5) is 5.82 Å². The number of nitrogens with zero attached hydrogens (tertiary/aromatic N) is 3. The van der Waals surface area contributed by atoms with Crippen molar-refractivity contribution in [3.63, 3.8) is 0 Å². The molecule has 2 aromatic carbocycles. The fraction of sp³-hybridized carbons (Fsp3) is 0.424. The van der Waals surface area contributed by atoms with E-state index in [-0.39, 0.29) is 24.5 Å². The molecule has 2 aromatic heterocycles. The summed E-state index contributed by atoms with van der Waals surface area (Å²) in [5, 5.41) is 5.94. The number of esters is 1. The van der Waals surface area contributed by atoms with Crippen molar-refractivity contribution in [3.8, 4) is 16.8 Å². The molecule has 4 aromatic rings. The molecule has 1 amide bonds. The van der Waals surface area contributed by atoms with Crippen LogP contribution in [0.2, 0.25) is 0 Å². The summed E-state index contributed by atoms with van der Waals surface area (Å²) in [5.74, 6) is 0.537. The zero-order chi connectivity index (χ0) is 28.3. The third kappa shape index (κ3) is 5.66. The quantitative estimate of drug-likeness (QED) is 0.233. The molecule has 0 radical (unpaired) electrons. The standard InChI is InChI=1S/C33H37N3O5/c1-3-40-33(38)29-21-35(27-11-8-23(9-12-27)25-10-13-30-26(20-25)14-19-41-30)34-31(29)36(28-15-17-39-18-16-28)32(37)24-6-4-22(2)5-7-24/h8-14,19-22,24,28H,3-7,15-18H2,1-2H3/t22-,24-. The van der Waals surface area contributed by atoms with E-state index in [0.29, 0.717) is 43.4 Å². The van der Waals surface area contributed by atoms with Gasteiger partial charge in [0, 0.05) is 36.8 Å². The third-order valence-corrected chi connectivity index (χ3v) is 8.49. The first-order valence-electron chi connectivity index (χ1n) is 14.8. The van der Waals surface area contributed by atoms with E-state index in [2.05, 4.69) is 13.0 Å². The van der Waals surface area contributed by atoms with Crippen LogP contribution in [0.1, 0.15) is 62.7 Å². The smallest absolute Gasteiger partial charge is 0.343 e. The summed E-state index contributed by atoms with van der Waals surface area (Å²) < 4.78 is 18.2. The Morgan fingerprint density at radius 2 is 1.71 bits per heavy atom. The number of carbonyl (C=O) groups is 2. The fourth-order valence-electron chi connectivity index (χ4n) is 6.09. The van der Waals surface area contributed by atoms with Crippen molar-refractivity contribution in [2.45, 2.75) is 58.4 Å². The second-order valence-corrected chi connectivity index (χ2v) is 11.3. The Balaban J connectivity index is 1.36. The maximum Gasteiger partial charge on any atom is 0.343 e. The van der Waals surface area contributed by atoms with Gasteiger partial charge in [-0.15, -0.1) is 5.10 Å². The van der Waals surface area contributed by atoms with Crippen LogP contribution in [-0.2, 0) is 14.3 Å². The highest BCUT2D eigenvalue weighted by atomic mass is 16.5. The highest BCUT2D eigenvalue weighted by molar-refractivity contribution is 6.02. The van der Waals surface area contributed by atoms with E-state index in [4.69, 9.17) is 19.0 Å². The molecular weight excluding hydrogens is 518 g/mol. The molecule has 0 bridgehead atoms. The first-order chi connectivity index (χ1) is 20.0. The number of benzene rings is 2. The molecule has 0 atom stereocenters. The van der Waals surface area contributed by atoms with E-state index in [1.165, 1.54) is 0 Å². The number of amides is 1. The molecule has 41 heavy (non-hydrogen) atoms. The van der Waals surface area contributed by atoms with Crippen LogP contribution in [0.5, 0.6) is 0 Å². The lowest BCUT2D eigenvalue weighted by Crippen LogP contribution is -2.47. The molecule has 1 saturated heterocycles. The van der Waals surface area contributed by atoms with Gasteiger partial charge in [-0.05, 0) is 92.8 Å². The van der Waals surface area contributed by atoms with Gasteiger partial charge in [0.1, 0.15) is 11.1 Å². The zero-order valence-electron chi connectivity index (χ0n) is 23.8. The largest absolute Gasteiger partial charge is 0.464 e. The lowest BCUT2D eigenvalue weighted by Gasteiger charge is -2.37. The van der Waals surface area contributed by atoms with Crippen molar-refractivity contribution in [1.29, 1.82) is 0 Å². The molecule has 2 fully saturated rings. The van der Waals surface area contributed by atoms with Gasteiger partial charge in [-0.25, -0.2) is 9.48 Å². The van der Waals surface area contributed by atoms with Gasteiger partial charge in [0.2, 0.25) is 5.91 Å². The Bertz CT molecular complexity index is 1510. The molecule has 3 heterocycles. The number of ether oxygens (including phenoxy) is 2. The Kier molecular flexibility index (Phi) is 7.92. The molecule has 214 valence electrons. The average molecular weight is 556 g/mol. The minimum absolute atomic E-state index is 0.0598. The molecule has 8 heteroatoms. The average Bonchev–Trinajstić information content (AvgIpc) is 3.66. The van der Waals surface area contributed by atoms with Crippen LogP contribution < -0.4 is 4.90 Å². The number of anilines is 1. The topological polar surface area (TPSA) is 86.8 Å². The van der Waals surface area contributed by atoms with E-state index < -0.39 is 5.97 Å². The number of rotatable bonds is 7. The van der Waals surface area contributed by atoms with Gasteiger partial charge in [-0.3, -0.25) is 9.69 Å². The summed E-state index contributed by atoms with van der Waals surface area (Å²) in [7, 11) is 0. The molecule has 1 saturated carbocycles. The first-order valence-corrected chi connectivity index (χ1v) is 14.8. The number of hydrogen-bond acceptors (Lipinski definition) is 6. The van der Waals surface area contributed by atoms with Crippen molar-refractivity contribution in [1.82, 2.24) is 9.78 Å². The van der Waals surface area contributed by atoms with Crippen molar-refractivity contribution in [2.24, 2.45) is 11.8 Å². The minimum atomic E-state index is -0.471. The Morgan fingerprint density at radius 1 is 0.976 bits per heavy atom. The summed E-state index contributed by atoms with van der Waals surface area (Å²) in [4.78, 5) is 29.2. The molecule has 0 N–H and O–H groups in total. The van der Waals surface area contributed by atoms with Gasteiger partial charge in [-0.1, -0.05) is 25.1 Å². The highest BCUT2D eigenvalue weighted by Crippen LogP contribution is 2.35. The molecule has 8 nitrogen and oxygen atoms in total. The lowest BCUT2D eigenvalue weighted by molar-refractivity contribution is -0.124. The monoisotopic (exact) mass is 555 g/mol. The van der Waals surface area contributed by atoms with Crippen LogP contribution >= 0.6 is 0 Å². The first kappa shape index (κ1) is 27.3. The predicted octanol–water partition coefficient (Wildman–Crippen LogP) is 6.80. The lowest BCUT2D eigenvalue weighted by atomic mass is 9.82. The summed E-state index contributed by atoms with van der Waals surface area (Å²) in [6.07, 6.45) is 8.61. The van der Waals surface area contributed by atoms with Crippen LogP contribution in [-0.4, -0.2) is 47.5 Å². The van der Waals surface area contributed by atoms with E-state index in [0.717, 1.165) is 53.5 Å². The van der Waals surface area contributed by atoms with Crippen molar-refractivity contribution in [2.75, 3.05) is 24.7 Å². The van der Waals surface area contributed by atoms with Crippen LogP contribution in [0.3, 0.4) is 0 Å². The Hall–Kier alpha value is -3.91. The van der Waals surface area contributed by atoms with Crippen molar-refractivity contribution < 1.29 is 23.5 Å².